The van der Waals surface area contributed by atoms with Crippen LogP contribution in [-0.2, 0) is 11.3 Å². The monoisotopic (exact) mass is 449 g/mol. The maximum atomic E-state index is 12.7. The topological polar surface area (TPSA) is 92.5 Å². The zero-order valence-corrected chi connectivity index (χ0v) is 17.7. The van der Waals surface area contributed by atoms with E-state index in [1.807, 2.05) is 0 Å². The van der Waals surface area contributed by atoms with Gasteiger partial charge >= 0.3 is 0 Å². The molecule has 9 heteroatoms. The molecule has 1 aliphatic rings. The highest BCUT2D eigenvalue weighted by Crippen LogP contribution is 2.34. The molecule has 0 fully saturated rings. The first-order chi connectivity index (χ1) is 15.1. The number of fused-ring (bicyclic) bond motifs is 2. The second-order valence-corrected chi connectivity index (χ2v) is 9.02. The summed E-state index contributed by atoms with van der Waals surface area (Å²) in [5.74, 6) is 0.150. The van der Waals surface area contributed by atoms with Crippen LogP contribution in [0.3, 0.4) is 0 Å². The Balaban J connectivity index is 1.29. The van der Waals surface area contributed by atoms with E-state index in [-0.39, 0.29) is 23.5 Å². The fourth-order valence-corrected chi connectivity index (χ4v) is 5.23. The van der Waals surface area contributed by atoms with E-state index < -0.39 is 0 Å². The lowest BCUT2D eigenvalue weighted by molar-refractivity contribution is -0.118. The number of benzene rings is 2. The van der Waals surface area contributed by atoms with Gasteiger partial charge in [0.25, 0.3) is 11.8 Å². The van der Waals surface area contributed by atoms with Gasteiger partial charge in [-0.1, -0.05) is 23.9 Å². The number of nitrogens with one attached hydrogen (secondary N) is 1. The van der Waals surface area contributed by atoms with Crippen molar-refractivity contribution in [2.45, 2.75) is 10.9 Å². The van der Waals surface area contributed by atoms with Crippen LogP contribution >= 0.6 is 23.1 Å². The number of carbonyl (C=O) groups is 3. The van der Waals surface area contributed by atoms with E-state index in [0.29, 0.717) is 29.1 Å². The van der Waals surface area contributed by atoms with Crippen molar-refractivity contribution in [3.8, 4) is 0 Å². The van der Waals surface area contributed by atoms with Gasteiger partial charge in [-0.05, 0) is 42.5 Å². The summed E-state index contributed by atoms with van der Waals surface area (Å²) < 4.78 is 6.77. The van der Waals surface area contributed by atoms with Crippen LogP contribution < -0.4 is 10.2 Å². The smallest absolute Gasteiger partial charge is 0.266 e. The minimum Gasteiger partial charge on any atom is -0.467 e. The molecule has 0 radical (unpaired) electrons. The first-order valence-corrected chi connectivity index (χ1v) is 11.2. The van der Waals surface area contributed by atoms with Gasteiger partial charge < -0.3 is 9.73 Å². The second kappa shape index (κ2) is 8.01. The minimum absolute atomic E-state index is 0.118. The van der Waals surface area contributed by atoms with Crippen molar-refractivity contribution >= 4 is 56.7 Å². The standard InChI is InChI=1S/C22H15N3O4S2/c26-19(23-11-14-4-3-9-29-14)12-30-22-24-17-8-7-13(10-18(17)31-22)25-20(27)15-5-1-2-6-16(15)21(25)28/h1-10H,11-12H2,(H,23,26). The third-order valence-electron chi connectivity index (χ3n) is 4.77. The number of nitrogens with zero attached hydrogens (tertiary/aromatic N) is 2. The van der Waals surface area contributed by atoms with Gasteiger partial charge in [-0.15, -0.1) is 11.3 Å². The predicted octanol–water partition coefficient (Wildman–Crippen LogP) is 4.10. The highest BCUT2D eigenvalue weighted by Gasteiger charge is 2.36. The molecule has 0 saturated carbocycles. The fraction of sp³-hybridized carbons (Fsp3) is 0.0909. The summed E-state index contributed by atoms with van der Waals surface area (Å²) in [4.78, 5) is 43.2. The van der Waals surface area contributed by atoms with Gasteiger partial charge in [0.2, 0.25) is 5.91 Å². The number of anilines is 1. The molecule has 7 nitrogen and oxygen atoms in total. The maximum Gasteiger partial charge on any atom is 0.266 e. The molecule has 154 valence electrons. The van der Waals surface area contributed by atoms with Crippen molar-refractivity contribution in [1.82, 2.24) is 10.3 Å². The Bertz CT molecular complexity index is 1280. The average Bonchev–Trinajstić information content (AvgIpc) is 3.50. The van der Waals surface area contributed by atoms with Crippen molar-refractivity contribution in [2.24, 2.45) is 0 Å². The summed E-state index contributed by atoms with van der Waals surface area (Å²) in [5, 5.41) is 2.80. The van der Waals surface area contributed by atoms with E-state index >= 15 is 0 Å². The van der Waals surface area contributed by atoms with E-state index in [9.17, 15) is 14.4 Å². The van der Waals surface area contributed by atoms with Crippen molar-refractivity contribution in [3.63, 3.8) is 0 Å². The zero-order chi connectivity index (χ0) is 21.4. The van der Waals surface area contributed by atoms with E-state index in [4.69, 9.17) is 4.42 Å². The van der Waals surface area contributed by atoms with Gasteiger partial charge in [0.15, 0.2) is 4.34 Å². The van der Waals surface area contributed by atoms with E-state index in [2.05, 4.69) is 10.3 Å². The molecule has 1 aliphatic heterocycles. The van der Waals surface area contributed by atoms with Crippen molar-refractivity contribution < 1.29 is 18.8 Å². The van der Waals surface area contributed by atoms with E-state index in [1.165, 1.54) is 28.0 Å². The van der Waals surface area contributed by atoms with Gasteiger partial charge in [0.05, 0.1) is 45.6 Å². The fourth-order valence-electron chi connectivity index (χ4n) is 3.29. The highest BCUT2D eigenvalue weighted by atomic mass is 32.2. The summed E-state index contributed by atoms with van der Waals surface area (Å²) in [5.41, 5.74) is 2.08. The quantitative estimate of drug-likeness (QED) is 0.352. The molecule has 0 aliphatic carbocycles. The SMILES string of the molecule is O=C(CSc1nc2ccc(N3C(=O)c4ccccc4C3=O)cc2s1)NCc1ccco1. The van der Waals surface area contributed by atoms with Gasteiger partial charge in [0, 0.05) is 0 Å². The molecule has 0 bridgehead atoms. The molecule has 31 heavy (non-hydrogen) atoms. The lowest BCUT2D eigenvalue weighted by Gasteiger charge is -2.13. The molecule has 2 aromatic heterocycles. The number of imide groups is 1. The van der Waals surface area contributed by atoms with Crippen LogP contribution in [0.25, 0.3) is 10.2 Å². The zero-order valence-electron chi connectivity index (χ0n) is 16.0. The Labute approximate surface area is 185 Å². The Morgan fingerprint density at radius 1 is 1.06 bits per heavy atom. The van der Waals surface area contributed by atoms with Gasteiger partial charge in [-0.25, -0.2) is 9.88 Å². The number of aromatic nitrogens is 1. The molecule has 1 N–H and O–H groups in total. The second-order valence-electron chi connectivity index (χ2n) is 6.77. The molecule has 0 spiro atoms. The van der Waals surface area contributed by atoms with Crippen molar-refractivity contribution in [2.75, 3.05) is 10.7 Å². The summed E-state index contributed by atoms with van der Waals surface area (Å²) in [6, 6.07) is 15.7. The lowest BCUT2D eigenvalue weighted by Crippen LogP contribution is -2.29. The number of hydrogen-bond donors (Lipinski definition) is 1. The van der Waals surface area contributed by atoms with E-state index in [1.54, 1.807) is 60.9 Å². The molecule has 4 aromatic rings. The molecule has 3 amide bonds. The Hall–Kier alpha value is -3.43. The number of amides is 3. The molecule has 0 saturated heterocycles. The van der Waals surface area contributed by atoms with Crippen molar-refractivity contribution in [3.05, 3.63) is 77.7 Å². The van der Waals surface area contributed by atoms with Crippen molar-refractivity contribution in [1.29, 1.82) is 0 Å². The molecule has 2 aromatic carbocycles. The lowest BCUT2D eigenvalue weighted by atomic mass is 10.1. The molecule has 0 atom stereocenters. The summed E-state index contributed by atoms with van der Waals surface area (Å²) in [7, 11) is 0. The molecule has 5 rings (SSSR count). The largest absolute Gasteiger partial charge is 0.467 e. The van der Waals surface area contributed by atoms with Crippen LogP contribution in [-0.4, -0.2) is 28.5 Å². The average molecular weight is 450 g/mol. The van der Waals surface area contributed by atoms with E-state index in [0.717, 1.165) is 14.6 Å². The summed E-state index contributed by atoms with van der Waals surface area (Å²) in [6.07, 6.45) is 1.56. The van der Waals surface area contributed by atoms with Crippen LogP contribution in [0, 0.1) is 0 Å². The predicted molar refractivity (Wildman–Crippen MR) is 118 cm³/mol. The normalized spacial score (nSPS) is 13.1. The molecule has 3 heterocycles. The molecular formula is C22H15N3O4S2. The summed E-state index contributed by atoms with van der Waals surface area (Å²) >= 11 is 2.76. The summed E-state index contributed by atoms with van der Waals surface area (Å²) in [6.45, 7) is 0.343. The Kier molecular flexibility index (Phi) is 5.05. The van der Waals surface area contributed by atoms with Gasteiger partial charge in [-0.3, -0.25) is 14.4 Å². The first-order valence-electron chi connectivity index (χ1n) is 9.40. The first kappa shape index (κ1) is 19.5. The third kappa shape index (κ3) is 3.73. The molecule has 0 unspecified atom stereocenters. The maximum absolute atomic E-state index is 12.7. The minimum atomic E-state index is -0.327. The molecular weight excluding hydrogens is 434 g/mol. The van der Waals surface area contributed by atoms with Crippen LogP contribution in [0.4, 0.5) is 5.69 Å². The van der Waals surface area contributed by atoms with Crippen LogP contribution in [0.5, 0.6) is 0 Å². The van der Waals surface area contributed by atoms with Gasteiger partial charge in [0.1, 0.15) is 5.76 Å². The number of thioether (sulfide) groups is 1. The highest BCUT2D eigenvalue weighted by molar-refractivity contribution is 8.01. The number of thiazole rings is 1. The third-order valence-corrected chi connectivity index (χ3v) is 6.93. The number of carbonyl (C=O) groups excluding carboxylic acids is 3. The van der Waals surface area contributed by atoms with Crippen LogP contribution in [0.15, 0.2) is 69.6 Å². The number of rotatable bonds is 6. The van der Waals surface area contributed by atoms with Gasteiger partial charge in [-0.2, -0.15) is 0 Å². The van der Waals surface area contributed by atoms with Crippen LogP contribution in [0.1, 0.15) is 26.5 Å². The Morgan fingerprint density at radius 3 is 2.55 bits per heavy atom. The number of furan rings is 1. The Morgan fingerprint density at radius 2 is 1.84 bits per heavy atom. The number of hydrogen-bond acceptors (Lipinski definition) is 7. The van der Waals surface area contributed by atoms with Crippen LogP contribution in [0.2, 0.25) is 0 Å².